The van der Waals surface area contributed by atoms with Gasteiger partial charge in [0.15, 0.2) is 9.84 Å². The monoisotopic (exact) mass is 700 g/mol. The molecule has 0 aromatic heterocycles. The minimum absolute atomic E-state index is 0.0549. The Hall–Kier alpha value is -3.47. The zero-order valence-electron chi connectivity index (χ0n) is 24.4. The first-order chi connectivity index (χ1) is 21.5. The van der Waals surface area contributed by atoms with Gasteiger partial charge in [0.25, 0.3) is 0 Å². The van der Waals surface area contributed by atoms with Crippen molar-refractivity contribution < 1.29 is 35.9 Å². The molecule has 4 aromatic rings. The number of esters is 1. The molecule has 1 aliphatic carbocycles. The van der Waals surface area contributed by atoms with Crippen LogP contribution in [-0.2, 0) is 35.9 Å². The van der Waals surface area contributed by atoms with Crippen LogP contribution in [0.4, 0.5) is 13.2 Å². The molecule has 1 aliphatic rings. The Morgan fingerprint density at radius 1 is 0.822 bits per heavy atom. The third-order valence-corrected chi connectivity index (χ3v) is 11.0. The second-order valence-electron chi connectivity index (χ2n) is 11.0. The molecule has 0 radical (unpaired) electrons. The minimum Gasteiger partial charge on any atom is -0.466 e. The van der Waals surface area contributed by atoms with Gasteiger partial charge in [-0.2, -0.15) is 13.2 Å². The molecular formula is C35H32BrF3O5S. The van der Waals surface area contributed by atoms with Gasteiger partial charge in [-0.3, -0.25) is 4.79 Å². The predicted molar refractivity (Wildman–Crippen MR) is 168 cm³/mol. The lowest BCUT2D eigenvalue weighted by atomic mass is 9.80. The van der Waals surface area contributed by atoms with Crippen molar-refractivity contribution in [2.24, 2.45) is 11.8 Å². The van der Waals surface area contributed by atoms with Crippen molar-refractivity contribution in [3.05, 3.63) is 136 Å². The number of alkyl halides is 3. The van der Waals surface area contributed by atoms with E-state index in [9.17, 15) is 26.4 Å². The molecule has 0 amide bonds. The van der Waals surface area contributed by atoms with Gasteiger partial charge in [-0.25, -0.2) is 8.42 Å². The van der Waals surface area contributed by atoms with Crippen LogP contribution in [0.5, 0.6) is 0 Å². The lowest BCUT2D eigenvalue weighted by molar-refractivity contribution is -0.150. The minimum atomic E-state index is -4.89. The summed E-state index contributed by atoms with van der Waals surface area (Å²) in [4.78, 5) is 12.4. The number of sulfone groups is 1. The number of hydrogen-bond donors (Lipinski definition) is 0. The second kappa shape index (κ2) is 13.5. The van der Waals surface area contributed by atoms with Crippen LogP contribution in [0.15, 0.2) is 119 Å². The van der Waals surface area contributed by atoms with E-state index in [2.05, 4.69) is 15.9 Å². The molecule has 0 N–H and O–H groups in total. The van der Waals surface area contributed by atoms with E-state index in [1.54, 1.807) is 6.92 Å². The fourth-order valence-electron chi connectivity index (χ4n) is 6.20. The van der Waals surface area contributed by atoms with Crippen molar-refractivity contribution in [1.82, 2.24) is 0 Å². The molecule has 0 spiro atoms. The maximum Gasteiger partial charge on any atom is 0.417 e. The molecule has 45 heavy (non-hydrogen) atoms. The molecule has 10 heteroatoms. The maximum absolute atomic E-state index is 14.0. The first kappa shape index (κ1) is 32.9. The van der Waals surface area contributed by atoms with Crippen LogP contribution in [0, 0.1) is 11.8 Å². The standard InChI is InChI=1S/C35H32BrF3O5S/c1-2-43-33(40)30-22-29(45(41,42)32-19-18-28(36)21-31(32)35(37,38)39)20-24(30)23-44-34(25-12-6-3-7-13-25,26-14-8-4-9-15-26)27-16-10-5-11-17-27/h3-19,21,24,29-30H,2,20,22-23H2,1H3/t24-,29-,30+/m0/s1. The van der Waals surface area contributed by atoms with Gasteiger partial charge in [0.1, 0.15) is 5.60 Å². The van der Waals surface area contributed by atoms with Crippen molar-refractivity contribution >= 4 is 31.7 Å². The summed E-state index contributed by atoms with van der Waals surface area (Å²) in [5, 5.41) is -1.25. The van der Waals surface area contributed by atoms with E-state index in [1.165, 1.54) is 6.07 Å². The summed E-state index contributed by atoms with van der Waals surface area (Å²) in [7, 11) is -4.50. The van der Waals surface area contributed by atoms with Gasteiger partial charge >= 0.3 is 12.1 Å². The van der Waals surface area contributed by atoms with Gasteiger partial charge in [-0.1, -0.05) is 107 Å². The Labute approximate surface area is 269 Å². The molecule has 1 saturated carbocycles. The number of rotatable bonds is 10. The average molecular weight is 702 g/mol. The molecule has 5 rings (SSSR count). The third kappa shape index (κ3) is 6.73. The maximum atomic E-state index is 14.0. The summed E-state index contributed by atoms with van der Waals surface area (Å²) in [5.41, 5.74) is 0.0843. The lowest BCUT2D eigenvalue weighted by Gasteiger charge is -2.37. The van der Waals surface area contributed by atoms with E-state index < -0.39 is 55.1 Å². The summed E-state index contributed by atoms with van der Waals surface area (Å²) < 4.78 is 82.0. The van der Waals surface area contributed by atoms with Crippen LogP contribution in [0.25, 0.3) is 0 Å². The van der Waals surface area contributed by atoms with Crippen LogP contribution in [0.3, 0.4) is 0 Å². The first-order valence-electron chi connectivity index (χ1n) is 14.6. The summed E-state index contributed by atoms with van der Waals surface area (Å²) in [6.45, 7) is 1.67. The fourth-order valence-corrected chi connectivity index (χ4v) is 8.62. The Balaban J connectivity index is 1.56. The van der Waals surface area contributed by atoms with Gasteiger partial charge in [0.2, 0.25) is 0 Å². The first-order valence-corrected chi connectivity index (χ1v) is 16.9. The molecule has 3 atom stereocenters. The van der Waals surface area contributed by atoms with E-state index in [0.29, 0.717) is 0 Å². The average Bonchev–Trinajstić information content (AvgIpc) is 3.48. The molecule has 0 aliphatic heterocycles. The Bertz CT molecular complexity index is 1620. The Morgan fingerprint density at radius 3 is 1.80 bits per heavy atom. The van der Waals surface area contributed by atoms with Crippen molar-refractivity contribution in [1.29, 1.82) is 0 Å². The normalized spacial score (nSPS) is 18.9. The highest BCUT2D eigenvalue weighted by molar-refractivity contribution is 9.10. The topological polar surface area (TPSA) is 69.7 Å². The van der Waals surface area contributed by atoms with Crippen LogP contribution >= 0.6 is 15.9 Å². The Morgan fingerprint density at radius 2 is 1.33 bits per heavy atom. The highest BCUT2D eigenvalue weighted by atomic mass is 79.9. The van der Waals surface area contributed by atoms with E-state index in [4.69, 9.17) is 9.47 Å². The predicted octanol–water partition coefficient (Wildman–Crippen LogP) is 8.21. The van der Waals surface area contributed by atoms with Gasteiger partial charge in [-0.05, 0) is 60.6 Å². The number of carbonyl (C=O) groups excluding carboxylic acids is 1. The van der Waals surface area contributed by atoms with Gasteiger partial charge in [0.05, 0.1) is 34.8 Å². The van der Waals surface area contributed by atoms with Crippen molar-refractivity contribution in [3.63, 3.8) is 0 Å². The zero-order chi connectivity index (χ0) is 32.2. The van der Waals surface area contributed by atoms with Crippen molar-refractivity contribution in [3.8, 4) is 0 Å². The lowest BCUT2D eigenvalue weighted by Crippen LogP contribution is -2.36. The summed E-state index contributed by atoms with van der Waals surface area (Å²) in [6, 6.07) is 31.7. The second-order valence-corrected chi connectivity index (χ2v) is 14.1. The number of carbonyl (C=O) groups is 1. The summed E-state index contributed by atoms with van der Waals surface area (Å²) in [6.07, 6.45) is -5.15. The van der Waals surface area contributed by atoms with E-state index in [1.807, 2.05) is 91.0 Å². The van der Waals surface area contributed by atoms with Crippen LogP contribution in [-0.4, -0.2) is 32.9 Å². The van der Waals surface area contributed by atoms with Crippen LogP contribution in [0.2, 0.25) is 0 Å². The third-order valence-electron chi connectivity index (χ3n) is 8.29. The van der Waals surface area contributed by atoms with Crippen LogP contribution < -0.4 is 0 Å². The van der Waals surface area contributed by atoms with Gasteiger partial charge < -0.3 is 9.47 Å². The van der Waals surface area contributed by atoms with Crippen molar-refractivity contribution in [2.75, 3.05) is 13.2 Å². The molecule has 0 heterocycles. The fraction of sp³-hybridized carbons (Fsp3) is 0.286. The Kier molecular flexibility index (Phi) is 9.86. The smallest absolute Gasteiger partial charge is 0.417 e. The van der Waals surface area contributed by atoms with E-state index in [-0.39, 0.29) is 30.5 Å². The highest BCUT2D eigenvalue weighted by Crippen LogP contribution is 2.46. The van der Waals surface area contributed by atoms with Crippen LogP contribution in [0.1, 0.15) is 42.0 Å². The molecule has 0 unspecified atom stereocenters. The molecule has 5 nitrogen and oxygen atoms in total. The van der Waals surface area contributed by atoms with Gasteiger partial charge in [-0.15, -0.1) is 0 Å². The SMILES string of the molecule is CCOC(=O)[C@@H]1C[C@@H](S(=O)(=O)c2ccc(Br)cc2C(F)(F)F)C[C@H]1COC(c1ccccc1)(c1ccccc1)c1ccccc1. The van der Waals surface area contributed by atoms with E-state index in [0.717, 1.165) is 28.8 Å². The van der Waals surface area contributed by atoms with Crippen molar-refractivity contribution in [2.45, 2.75) is 41.7 Å². The number of hydrogen-bond acceptors (Lipinski definition) is 5. The molecule has 0 saturated heterocycles. The van der Waals surface area contributed by atoms with Gasteiger partial charge in [0, 0.05) is 4.47 Å². The number of ether oxygens (including phenoxy) is 2. The zero-order valence-corrected chi connectivity index (χ0v) is 26.8. The number of halogens is 4. The number of benzene rings is 4. The molecule has 0 bridgehead atoms. The summed E-state index contributed by atoms with van der Waals surface area (Å²) >= 11 is 3.02. The summed E-state index contributed by atoms with van der Waals surface area (Å²) in [5.74, 6) is -2.14. The molecular weight excluding hydrogens is 669 g/mol. The molecule has 236 valence electrons. The quantitative estimate of drug-likeness (QED) is 0.123. The largest absolute Gasteiger partial charge is 0.466 e. The highest BCUT2D eigenvalue weighted by Gasteiger charge is 2.49. The molecule has 4 aromatic carbocycles. The molecule has 1 fully saturated rings. The van der Waals surface area contributed by atoms with E-state index >= 15 is 0 Å².